The normalized spacial score (nSPS) is 12.7. The highest BCUT2D eigenvalue weighted by atomic mass is 16.6. The van der Waals surface area contributed by atoms with E-state index < -0.39 is 11.7 Å². The minimum absolute atomic E-state index is 0.173. The van der Waals surface area contributed by atoms with Crippen molar-refractivity contribution in [3.63, 3.8) is 0 Å². The largest absolute Gasteiger partial charge is 0.444 e. The number of carbonyl (C=O) groups excluding carboxylic acids is 1. The van der Waals surface area contributed by atoms with Gasteiger partial charge >= 0.3 is 6.09 Å². The zero-order chi connectivity index (χ0) is 20.2. The number of rotatable bonds is 6. The zero-order valence-corrected chi connectivity index (χ0v) is 16.7. The predicted octanol–water partition coefficient (Wildman–Crippen LogP) is 2.50. The van der Waals surface area contributed by atoms with Gasteiger partial charge in [-0.25, -0.2) is 9.48 Å². The van der Waals surface area contributed by atoms with E-state index in [2.05, 4.69) is 15.2 Å². The quantitative estimate of drug-likeness (QED) is 0.762. The SMILES string of the molecule is CCCn1nc(-c2nc(CC(C)N(C)C(=O)OC(C)(C)C)no2)ccc1=O. The summed E-state index contributed by atoms with van der Waals surface area (Å²) in [5.74, 6) is 0.685. The van der Waals surface area contributed by atoms with Crippen LogP contribution in [-0.2, 0) is 17.7 Å². The molecule has 2 rings (SSSR count). The lowest BCUT2D eigenvalue weighted by Crippen LogP contribution is -2.40. The molecule has 0 saturated carbocycles. The Morgan fingerprint density at radius 1 is 1.37 bits per heavy atom. The van der Waals surface area contributed by atoms with Crippen molar-refractivity contribution in [2.24, 2.45) is 0 Å². The summed E-state index contributed by atoms with van der Waals surface area (Å²) in [4.78, 5) is 29.7. The summed E-state index contributed by atoms with van der Waals surface area (Å²) in [5, 5.41) is 8.21. The van der Waals surface area contributed by atoms with Crippen LogP contribution in [0.5, 0.6) is 0 Å². The Bertz CT molecular complexity index is 837. The molecule has 0 aromatic carbocycles. The molecule has 1 atom stereocenters. The molecule has 0 bridgehead atoms. The molecule has 0 saturated heterocycles. The maximum atomic E-state index is 12.1. The van der Waals surface area contributed by atoms with Crippen LogP contribution in [0.1, 0.15) is 46.9 Å². The first-order valence-electron chi connectivity index (χ1n) is 8.97. The average molecular weight is 377 g/mol. The van der Waals surface area contributed by atoms with Crippen molar-refractivity contribution < 1.29 is 14.1 Å². The van der Waals surface area contributed by atoms with E-state index in [-0.39, 0.29) is 17.5 Å². The number of nitrogens with zero attached hydrogens (tertiary/aromatic N) is 5. The number of amides is 1. The van der Waals surface area contributed by atoms with Gasteiger partial charge in [-0.05, 0) is 40.2 Å². The van der Waals surface area contributed by atoms with Crippen LogP contribution < -0.4 is 5.56 Å². The van der Waals surface area contributed by atoms with Gasteiger partial charge in [-0.2, -0.15) is 10.1 Å². The molecule has 0 aliphatic carbocycles. The van der Waals surface area contributed by atoms with Crippen molar-refractivity contribution in [2.45, 2.75) is 65.6 Å². The Kier molecular flexibility index (Phi) is 6.35. The van der Waals surface area contributed by atoms with Crippen LogP contribution in [0.4, 0.5) is 4.79 Å². The fourth-order valence-corrected chi connectivity index (χ4v) is 2.29. The molecule has 9 nitrogen and oxygen atoms in total. The van der Waals surface area contributed by atoms with Gasteiger partial charge in [0, 0.05) is 32.1 Å². The molecule has 0 N–H and O–H groups in total. The minimum Gasteiger partial charge on any atom is -0.444 e. The van der Waals surface area contributed by atoms with Gasteiger partial charge in [0.15, 0.2) is 5.82 Å². The summed E-state index contributed by atoms with van der Waals surface area (Å²) >= 11 is 0. The predicted molar refractivity (Wildman–Crippen MR) is 99.2 cm³/mol. The van der Waals surface area contributed by atoms with Crippen LogP contribution in [0.25, 0.3) is 11.6 Å². The highest BCUT2D eigenvalue weighted by Crippen LogP contribution is 2.16. The lowest BCUT2D eigenvalue weighted by Gasteiger charge is -2.28. The molecule has 0 spiro atoms. The lowest BCUT2D eigenvalue weighted by atomic mass is 10.2. The molecule has 9 heteroatoms. The number of aromatic nitrogens is 4. The van der Waals surface area contributed by atoms with E-state index in [1.807, 2.05) is 34.6 Å². The average Bonchev–Trinajstić information content (AvgIpc) is 3.03. The summed E-state index contributed by atoms with van der Waals surface area (Å²) in [6.07, 6.45) is 0.778. The second kappa shape index (κ2) is 8.32. The zero-order valence-electron chi connectivity index (χ0n) is 16.7. The van der Waals surface area contributed by atoms with E-state index in [1.165, 1.54) is 15.6 Å². The first kappa shape index (κ1) is 20.6. The summed E-state index contributed by atoms with van der Waals surface area (Å²) < 4.78 is 12.0. The third-order valence-corrected chi connectivity index (χ3v) is 3.81. The molecular weight excluding hydrogens is 350 g/mol. The van der Waals surface area contributed by atoms with Crippen molar-refractivity contribution >= 4 is 6.09 Å². The lowest BCUT2D eigenvalue weighted by molar-refractivity contribution is 0.0234. The maximum absolute atomic E-state index is 12.1. The number of carbonyl (C=O) groups is 1. The minimum atomic E-state index is -0.558. The van der Waals surface area contributed by atoms with E-state index in [9.17, 15) is 9.59 Å². The summed E-state index contributed by atoms with van der Waals surface area (Å²) in [5.41, 5.74) is -0.291. The summed E-state index contributed by atoms with van der Waals surface area (Å²) in [7, 11) is 1.67. The van der Waals surface area contributed by atoms with Gasteiger partial charge in [-0.1, -0.05) is 12.1 Å². The van der Waals surface area contributed by atoms with Gasteiger partial charge in [0.05, 0.1) is 0 Å². The van der Waals surface area contributed by atoms with Gasteiger partial charge in [0.25, 0.3) is 11.4 Å². The topological polar surface area (TPSA) is 103 Å². The molecule has 148 valence electrons. The smallest absolute Gasteiger partial charge is 0.410 e. The number of aryl methyl sites for hydroxylation is 1. The van der Waals surface area contributed by atoms with Gasteiger partial charge in [0.1, 0.15) is 11.3 Å². The van der Waals surface area contributed by atoms with Crippen LogP contribution in [0.3, 0.4) is 0 Å². The molecular formula is C18H27N5O4. The molecule has 0 aliphatic heterocycles. The second-order valence-corrected chi connectivity index (χ2v) is 7.44. The Morgan fingerprint density at radius 2 is 2.07 bits per heavy atom. The standard InChI is InChI=1S/C18H27N5O4/c1-7-10-23-15(24)9-8-13(20-23)16-19-14(21-27-16)11-12(2)22(6)17(25)26-18(3,4)5/h8-9,12H,7,10-11H2,1-6H3. The molecule has 0 radical (unpaired) electrons. The Morgan fingerprint density at radius 3 is 2.70 bits per heavy atom. The van der Waals surface area contributed by atoms with Gasteiger partial charge in [-0.15, -0.1) is 0 Å². The Hall–Kier alpha value is -2.71. The summed E-state index contributed by atoms with van der Waals surface area (Å²) in [6.45, 7) is 9.82. The van der Waals surface area contributed by atoms with Crippen molar-refractivity contribution in [1.29, 1.82) is 0 Å². The Balaban J connectivity index is 2.08. The molecule has 0 aliphatic rings. The molecule has 0 fully saturated rings. The highest BCUT2D eigenvalue weighted by molar-refractivity contribution is 5.68. The fraction of sp³-hybridized carbons (Fsp3) is 0.611. The molecule has 27 heavy (non-hydrogen) atoms. The summed E-state index contributed by atoms with van der Waals surface area (Å²) in [6, 6.07) is 2.80. The van der Waals surface area contributed by atoms with Crippen LogP contribution >= 0.6 is 0 Å². The number of hydrogen-bond donors (Lipinski definition) is 0. The number of ether oxygens (including phenoxy) is 1. The molecule has 2 aromatic rings. The van der Waals surface area contributed by atoms with Gasteiger partial charge < -0.3 is 14.2 Å². The van der Waals surface area contributed by atoms with Crippen molar-refractivity contribution in [3.8, 4) is 11.6 Å². The Labute approximate surface area is 158 Å². The van der Waals surface area contributed by atoms with E-state index in [1.54, 1.807) is 13.1 Å². The van der Waals surface area contributed by atoms with Crippen LogP contribution in [0.2, 0.25) is 0 Å². The van der Waals surface area contributed by atoms with E-state index in [0.717, 1.165) is 6.42 Å². The number of hydrogen-bond acceptors (Lipinski definition) is 7. The van der Waals surface area contributed by atoms with Gasteiger partial charge in [0.2, 0.25) is 0 Å². The highest BCUT2D eigenvalue weighted by Gasteiger charge is 2.24. The molecule has 1 amide bonds. The fourth-order valence-electron chi connectivity index (χ4n) is 2.29. The third kappa shape index (κ3) is 5.63. The van der Waals surface area contributed by atoms with Crippen molar-refractivity contribution in [2.75, 3.05) is 7.05 Å². The number of likely N-dealkylation sites (N-methyl/N-ethyl adjacent to an activating group) is 1. The van der Waals surface area contributed by atoms with Crippen LogP contribution in [0, 0.1) is 0 Å². The molecule has 1 unspecified atom stereocenters. The van der Waals surface area contributed by atoms with Crippen molar-refractivity contribution in [1.82, 2.24) is 24.8 Å². The van der Waals surface area contributed by atoms with Crippen LogP contribution in [-0.4, -0.2) is 49.6 Å². The van der Waals surface area contributed by atoms with Crippen LogP contribution in [0.15, 0.2) is 21.5 Å². The van der Waals surface area contributed by atoms with E-state index in [0.29, 0.717) is 24.5 Å². The van der Waals surface area contributed by atoms with E-state index in [4.69, 9.17) is 9.26 Å². The maximum Gasteiger partial charge on any atom is 0.410 e. The molecule has 2 heterocycles. The van der Waals surface area contributed by atoms with Crippen molar-refractivity contribution in [3.05, 3.63) is 28.3 Å². The third-order valence-electron chi connectivity index (χ3n) is 3.81. The van der Waals surface area contributed by atoms with E-state index >= 15 is 0 Å². The van der Waals surface area contributed by atoms with Gasteiger partial charge in [-0.3, -0.25) is 4.79 Å². The monoisotopic (exact) mass is 377 g/mol. The first-order valence-corrected chi connectivity index (χ1v) is 8.97. The second-order valence-electron chi connectivity index (χ2n) is 7.44. The molecule has 2 aromatic heterocycles. The first-order chi connectivity index (χ1) is 12.6.